The summed E-state index contributed by atoms with van der Waals surface area (Å²) in [5.74, 6) is -2.71. The average molecular weight is 119 g/mol. The van der Waals surface area contributed by atoms with Crippen molar-refractivity contribution in [2.45, 2.75) is 18.4 Å². The van der Waals surface area contributed by atoms with Gasteiger partial charge in [0.05, 0.1) is 0 Å². The van der Waals surface area contributed by atoms with Crippen molar-refractivity contribution < 1.29 is 13.6 Å². The van der Waals surface area contributed by atoms with Gasteiger partial charge in [-0.3, -0.25) is 0 Å². The van der Waals surface area contributed by atoms with E-state index >= 15 is 0 Å². The Morgan fingerprint density at radius 1 is 1.75 bits per heavy atom. The van der Waals surface area contributed by atoms with Gasteiger partial charge in [0, 0.05) is 6.42 Å². The van der Waals surface area contributed by atoms with Gasteiger partial charge >= 0.3 is 0 Å². The summed E-state index contributed by atoms with van der Waals surface area (Å²) in [6.07, 6.45) is 0.791. The fourth-order valence-corrected chi connectivity index (χ4v) is 0.403. The first-order valence-electron chi connectivity index (χ1n) is 2.11. The minimum absolute atomic E-state index is 0.289. The molecule has 0 radical (unpaired) electrons. The maximum Gasteiger partial charge on any atom is 0.273 e. The Bertz CT molecular complexity index is 150. The number of hydrogen-bond donors (Lipinski definition) is 0. The molecule has 0 heterocycles. The van der Waals surface area contributed by atoms with Gasteiger partial charge < -0.3 is 0 Å². The average Bonchev–Trinajstić information content (AvgIpc) is 2.15. The van der Waals surface area contributed by atoms with Gasteiger partial charge in [0.15, 0.2) is 0 Å². The van der Waals surface area contributed by atoms with E-state index in [0.29, 0.717) is 0 Å². The number of nitrogens with zero attached hydrogens (tertiary/aromatic N) is 1. The maximum absolute atomic E-state index is 11.7. The molecule has 0 bridgehead atoms. The highest BCUT2D eigenvalue weighted by Crippen LogP contribution is 2.43. The molecule has 0 aromatic carbocycles. The SMILES string of the molecule is O=C=NC1CC1(F)F. The molecule has 1 aliphatic carbocycles. The Morgan fingerprint density at radius 3 is 2.38 bits per heavy atom. The van der Waals surface area contributed by atoms with Gasteiger partial charge in [-0.25, -0.2) is 13.6 Å². The molecule has 0 N–H and O–H groups in total. The molecule has 2 nitrogen and oxygen atoms in total. The van der Waals surface area contributed by atoms with Crippen LogP contribution >= 0.6 is 0 Å². The topological polar surface area (TPSA) is 29.4 Å². The third-order valence-electron chi connectivity index (χ3n) is 1.00. The monoisotopic (exact) mass is 119 g/mol. The second-order valence-electron chi connectivity index (χ2n) is 1.70. The van der Waals surface area contributed by atoms with Crippen LogP contribution in [-0.4, -0.2) is 18.0 Å². The number of rotatable bonds is 1. The van der Waals surface area contributed by atoms with E-state index in [2.05, 4.69) is 4.99 Å². The molecule has 8 heavy (non-hydrogen) atoms. The van der Waals surface area contributed by atoms with Crippen molar-refractivity contribution in [3.63, 3.8) is 0 Å². The normalized spacial score (nSPS) is 31.0. The largest absolute Gasteiger partial charge is 0.273 e. The summed E-state index contributed by atoms with van der Waals surface area (Å²) in [4.78, 5) is 12.2. The molecule has 1 saturated carbocycles. The Hall–Kier alpha value is -0.760. The quantitative estimate of drug-likeness (QED) is 0.369. The van der Waals surface area contributed by atoms with Crippen LogP contribution in [0.1, 0.15) is 6.42 Å². The molecular formula is C4H3F2NO. The number of aliphatic imine (C=N–C) groups is 1. The van der Waals surface area contributed by atoms with Crippen LogP contribution in [0.4, 0.5) is 8.78 Å². The second-order valence-corrected chi connectivity index (χ2v) is 1.70. The first-order chi connectivity index (χ1) is 3.67. The highest BCUT2D eigenvalue weighted by Gasteiger charge is 2.57. The van der Waals surface area contributed by atoms with Crippen molar-refractivity contribution in [1.82, 2.24) is 0 Å². The molecule has 4 heteroatoms. The first kappa shape index (κ1) is 5.38. The Morgan fingerprint density at radius 2 is 2.25 bits per heavy atom. The lowest BCUT2D eigenvalue weighted by atomic mass is 10.7. The number of carbonyl (C=O) groups excluding carboxylic acids is 1. The van der Waals surface area contributed by atoms with Gasteiger partial charge in [0.1, 0.15) is 6.04 Å². The summed E-state index contributed by atoms with van der Waals surface area (Å²) in [6, 6.07) is -1.07. The number of isocyanates is 1. The van der Waals surface area contributed by atoms with Gasteiger partial charge in [-0.15, -0.1) is 0 Å². The highest BCUT2D eigenvalue weighted by atomic mass is 19.3. The predicted molar refractivity (Wildman–Crippen MR) is 21.5 cm³/mol. The Labute approximate surface area is 44.2 Å². The third kappa shape index (κ3) is 0.746. The molecule has 0 spiro atoms. The molecule has 0 aromatic rings. The van der Waals surface area contributed by atoms with E-state index in [4.69, 9.17) is 0 Å². The summed E-state index contributed by atoms with van der Waals surface area (Å²) >= 11 is 0. The molecule has 0 amide bonds. The minimum Gasteiger partial charge on any atom is -0.211 e. The van der Waals surface area contributed by atoms with Crippen LogP contribution in [0.25, 0.3) is 0 Å². The van der Waals surface area contributed by atoms with E-state index in [9.17, 15) is 13.6 Å². The van der Waals surface area contributed by atoms with Crippen LogP contribution in [0.15, 0.2) is 4.99 Å². The van der Waals surface area contributed by atoms with Crippen LogP contribution in [0, 0.1) is 0 Å². The number of alkyl halides is 2. The summed E-state index contributed by atoms with van der Waals surface area (Å²) in [5, 5.41) is 0. The van der Waals surface area contributed by atoms with E-state index in [1.165, 1.54) is 0 Å². The molecule has 1 unspecified atom stereocenters. The zero-order chi connectivity index (χ0) is 6.20. The molecule has 1 atom stereocenters. The van der Waals surface area contributed by atoms with Crippen LogP contribution in [0.2, 0.25) is 0 Å². The first-order valence-corrected chi connectivity index (χ1v) is 2.11. The van der Waals surface area contributed by atoms with Crippen molar-refractivity contribution in [3.05, 3.63) is 0 Å². The Balaban J connectivity index is 2.48. The predicted octanol–water partition coefficient (Wildman–Crippen LogP) is 0.730. The molecule has 1 fully saturated rings. The van der Waals surface area contributed by atoms with Gasteiger partial charge in [0.25, 0.3) is 5.92 Å². The van der Waals surface area contributed by atoms with Gasteiger partial charge in [0.2, 0.25) is 6.08 Å². The lowest BCUT2D eigenvalue weighted by molar-refractivity contribution is 0.113. The zero-order valence-electron chi connectivity index (χ0n) is 3.90. The van der Waals surface area contributed by atoms with Crippen molar-refractivity contribution in [2.24, 2.45) is 4.99 Å². The second kappa shape index (κ2) is 1.36. The van der Waals surface area contributed by atoms with Crippen molar-refractivity contribution >= 4 is 6.08 Å². The van der Waals surface area contributed by atoms with Gasteiger partial charge in [-0.1, -0.05) is 0 Å². The lowest BCUT2D eigenvalue weighted by Crippen LogP contribution is -1.93. The summed E-state index contributed by atoms with van der Waals surface area (Å²) in [6.45, 7) is 0. The maximum atomic E-state index is 11.7. The molecule has 0 aromatic heterocycles. The fraction of sp³-hybridized carbons (Fsp3) is 0.750. The molecule has 1 rings (SSSR count). The van der Waals surface area contributed by atoms with Crippen molar-refractivity contribution in [2.75, 3.05) is 0 Å². The number of halogens is 2. The van der Waals surface area contributed by atoms with E-state index in [0.717, 1.165) is 6.08 Å². The standard InChI is InChI=1S/C4H3F2NO/c5-4(6)1-3(4)7-2-8/h3H,1H2. The summed E-state index contributed by atoms with van der Waals surface area (Å²) in [7, 11) is 0. The van der Waals surface area contributed by atoms with Gasteiger partial charge in [-0.05, 0) is 0 Å². The summed E-state index contributed by atoms with van der Waals surface area (Å²) in [5.41, 5.74) is 0. The van der Waals surface area contributed by atoms with Crippen molar-refractivity contribution in [1.29, 1.82) is 0 Å². The van der Waals surface area contributed by atoms with Crippen LogP contribution in [0.3, 0.4) is 0 Å². The minimum atomic E-state index is -2.71. The molecular weight excluding hydrogens is 116 g/mol. The Kier molecular flexibility index (Phi) is 0.912. The summed E-state index contributed by atoms with van der Waals surface area (Å²) < 4.78 is 23.4. The van der Waals surface area contributed by atoms with E-state index in [1.807, 2.05) is 0 Å². The molecule has 0 aliphatic heterocycles. The third-order valence-corrected chi connectivity index (χ3v) is 1.00. The van der Waals surface area contributed by atoms with Crippen LogP contribution in [-0.2, 0) is 4.79 Å². The highest BCUT2D eigenvalue weighted by molar-refractivity contribution is 5.35. The lowest BCUT2D eigenvalue weighted by Gasteiger charge is -1.82. The van der Waals surface area contributed by atoms with Gasteiger partial charge in [-0.2, -0.15) is 4.99 Å². The van der Waals surface area contributed by atoms with Crippen molar-refractivity contribution in [3.8, 4) is 0 Å². The van der Waals surface area contributed by atoms with E-state index in [-0.39, 0.29) is 6.42 Å². The molecule has 0 saturated heterocycles. The van der Waals surface area contributed by atoms with E-state index < -0.39 is 12.0 Å². The zero-order valence-corrected chi connectivity index (χ0v) is 3.90. The van der Waals surface area contributed by atoms with Crippen LogP contribution in [0.5, 0.6) is 0 Å². The van der Waals surface area contributed by atoms with Crippen LogP contribution < -0.4 is 0 Å². The fourth-order valence-electron chi connectivity index (χ4n) is 0.403. The number of hydrogen-bond acceptors (Lipinski definition) is 2. The molecule has 1 aliphatic rings. The molecule has 44 valence electrons. The van der Waals surface area contributed by atoms with E-state index in [1.54, 1.807) is 0 Å². The smallest absolute Gasteiger partial charge is 0.211 e.